The molecule has 0 aliphatic carbocycles. The van der Waals surface area contributed by atoms with Crippen molar-refractivity contribution in [1.29, 1.82) is 0 Å². The number of anilines is 1. The van der Waals surface area contributed by atoms with E-state index in [2.05, 4.69) is 27.6 Å². The fourth-order valence-electron chi connectivity index (χ4n) is 4.21. The van der Waals surface area contributed by atoms with Crippen LogP contribution in [0.4, 0.5) is 5.82 Å². The van der Waals surface area contributed by atoms with E-state index < -0.39 is 0 Å². The van der Waals surface area contributed by atoms with Gasteiger partial charge in [0.1, 0.15) is 18.7 Å². The lowest BCUT2D eigenvalue weighted by Crippen LogP contribution is -2.33. The molecule has 0 radical (unpaired) electrons. The lowest BCUT2D eigenvalue weighted by molar-refractivity contribution is 0.0648. The molecule has 2 aromatic carbocycles. The van der Waals surface area contributed by atoms with Gasteiger partial charge in [-0.25, -0.2) is 9.97 Å². The van der Waals surface area contributed by atoms with E-state index in [-0.39, 0.29) is 18.4 Å². The number of aromatic nitrogens is 3. The molecule has 2 aliphatic rings. The van der Waals surface area contributed by atoms with E-state index in [9.17, 15) is 9.59 Å². The first-order valence-corrected chi connectivity index (χ1v) is 12.7. The molecule has 4 aromatic rings. The highest BCUT2D eigenvalue weighted by Gasteiger charge is 2.35. The van der Waals surface area contributed by atoms with Gasteiger partial charge in [0.25, 0.3) is 11.8 Å². The molecular formula is C24H18IN5O4S. The molecule has 2 aliphatic heterocycles. The Kier molecular flexibility index (Phi) is 5.52. The number of imidazole rings is 1. The Bertz CT molecular complexity index is 1490. The van der Waals surface area contributed by atoms with E-state index in [1.54, 1.807) is 30.5 Å². The minimum Gasteiger partial charge on any atom is -0.486 e. The van der Waals surface area contributed by atoms with Gasteiger partial charge in [0, 0.05) is 27.8 Å². The quantitative estimate of drug-likeness (QED) is 0.272. The van der Waals surface area contributed by atoms with Gasteiger partial charge in [0.15, 0.2) is 22.5 Å². The highest BCUT2D eigenvalue weighted by Crippen LogP contribution is 2.41. The maximum absolute atomic E-state index is 12.9. The Balaban J connectivity index is 1.34. The molecule has 0 spiro atoms. The molecule has 176 valence electrons. The normalized spacial score (nSPS) is 14.6. The van der Waals surface area contributed by atoms with Crippen molar-refractivity contribution in [3.05, 3.63) is 63.4 Å². The summed E-state index contributed by atoms with van der Waals surface area (Å²) in [7, 11) is 0. The average molecular weight is 599 g/mol. The number of carbonyl (C=O) groups excluding carboxylic acids is 2. The zero-order chi connectivity index (χ0) is 24.1. The highest BCUT2D eigenvalue weighted by molar-refractivity contribution is 14.1. The first-order chi connectivity index (χ1) is 17.0. The van der Waals surface area contributed by atoms with Crippen LogP contribution < -0.4 is 15.2 Å². The Hall–Kier alpha value is -3.32. The Morgan fingerprint density at radius 1 is 1.00 bits per heavy atom. The van der Waals surface area contributed by atoms with Gasteiger partial charge in [-0.05, 0) is 52.9 Å². The zero-order valence-electron chi connectivity index (χ0n) is 18.2. The van der Waals surface area contributed by atoms with E-state index in [4.69, 9.17) is 20.2 Å². The fraction of sp³-hybridized carbons (Fsp3) is 0.167. The Morgan fingerprint density at radius 2 is 1.69 bits per heavy atom. The van der Waals surface area contributed by atoms with Gasteiger partial charge in [0.2, 0.25) is 0 Å². The van der Waals surface area contributed by atoms with Gasteiger partial charge in [-0.2, -0.15) is 0 Å². The fourth-order valence-corrected chi connectivity index (χ4v) is 5.93. The van der Waals surface area contributed by atoms with Crippen LogP contribution in [-0.4, -0.2) is 51.0 Å². The maximum atomic E-state index is 12.9. The molecule has 0 unspecified atom stereocenters. The monoisotopic (exact) mass is 599 g/mol. The van der Waals surface area contributed by atoms with Gasteiger partial charge in [-0.15, -0.1) is 0 Å². The summed E-state index contributed by atoms with van der Waals surface area (Å²) in [4.78, 5) is 36.9. The van der Waals surface area contributed by atoms with Crippen molar-refractivity contribution in [2.24, 2.45) is 0 Å². The molecule has 6 rings (SSSR count). The number of fused-ring (bicyclic) bond motifs is 3. The van der Waals surface area contributed by atoms with Crippen molar-refractivity contribution < 1.29 is 19.1 Å². The second-order valence-corrected chi connectivity index (χ2v) is 10.1. The highest BCUT2D eigenvalue weighted by atomic mass is 127. The van der Waals surface area contributed by atoms with Crippen molar-refractivity contribution in [3.63, 3.8) is 0 Å². The Morgan fingerprint density at radius 3 is 2.40 bits per heavy atom. The third-order valence-electron chi connectivity index (χ3n) is 5.88. The van der Waals surface area contributed by atoms with Gasteiger partial charge in [0.05, 0.1) is 16.6 Å². The number of rotatable bonds is 5. The molecule has 0 saturated heterocycles. The van der Waals surface area contributed by atoms with Crippen molar-refractivity contribution in [3.8, 4) is 11.5 Å². The molecule has 11 heteroatoms. The number of carbonyl (C=O) groups is 2. The van der Waals surface area contributed by atoms with Crippen LogP contribution in [0.5, 0.6) is 11.5 Å². The maximum Gasteiger partial charge on any atom is 0.261 e. The van der Waals surface area contributed by atoms with Crippen LogP contribution in [0.1, 0.15) is 20.7 Å². The number of nitrogens with zero attached hydrogens (tertiary/aromatic N) is 4. The minimum absolute atomic E-state index is 0.200. The molecular weight excluding hydrogens is 581 g/mol. The zero-order valence-corrected chi connectivity index (χ0v) is 21.2. The van der Waals surface area contributed by atoms with Gasteiger partial charge < -0.3 is 19.8 Å². The molecule has 0 saturated carbocycles. The lowest BCUT2D eigenvalue weighted by Gasteiger charge is -2.20. The molecule has 0 fully saturated rings. The van der Waals surface area contributed by atoms with Gasteiger partial charge in [-0.3, -0.25) is 14.5 Å². The predicted octanol–water partition coefficient (Wildman–Crippen LogP) is 3.84. The molecule has 9 nitrogen and oxygen atoms in total. The van der Waals surface area contributed by atoms with E-state index in [0.29, 0.717) is 53.1 Å². The standard InChI is InChI=1S/C24H18IN5O4S/c25-15-11-17-18(34-10-9-33-17)12-19(15)35-24-28-20-16(5-6-27-21(20)26)29(24)7-8-30-22(31)13-3-1-2-4-14(13)23(30)32/h1-6,11-12H,7-10H2,(H2,26,27). The summed E-state index contributed by atoms with van der Waals surface area (Å²) in [6.07, 6.45) is 1.63. The topological polar surface area (TPSA) is 113 Å². The van der Waals surface area contributed by atoms with Crippen LogP contribution in [-0.2, 0) is 6.54 Å². The summed E-state index contributed by atoms with van der Waals surface area (Å²) in [5, 5.41) is 0.672. The van der Waals surface area contributed by atoms with E-state index in [0.717, 1.165) is 19.7 Å². The molecule has 2 N–H and O–H groups in total. The summed E-state index contributed by atoms with van der Waals surface area (Å²) in [6, 6.07) is 12.6. The number of amides is 2. The van der Waals surface area contributed by atoms with Crippen molar-refractivity contribution >= 4 is 63.0 Å². The van der Waals surface area contributed by atoms with Crippen LogP contribution in [0.2, 0.25) is 0 Å². The summed E-state index contributed by atoms with van der Waals surface area (Å²) >= 11 is 3.72. The van der Waals surface area contributed by atoms with Crippen molar-refractivity contribution in [2.75, 3.05) is 25.5 Å². The van der Waals surface area contributed by atoms with E-state index in [1.807, 2.05) is 22.8 Å². The van der Waals surface area contributed by atoms with Crippen LogP contribution in [0.3, 0.4) is 0 Å². The van der Waals surface area contributed by atoms with Crippen LogP contribution in [0, 0.1) is 3.57 Å². The number of benzene rings is 2. The van der Waals surface area contributed by atoms with Gasteiger partial charge in [-0.1, -0.05) is 23.9 Å². The third-order valence-corrected chi connectivity index (χ3v) is 8.19. The van der Waals surface area contributed by atoms with Crippen LogP contribution in [0.25, 0.3) is 11.0 Å². The SMILES string of the molecule is Nc1nccc2c1nc(Sc1cc3c(cc1I)OCCO3)n2CCN1C(=O)c2ccccc2C1=O. The van der Waals surface area contributed by atoms with Crippen LogP contribution in [0.15, 0.2) is 58.7 Å². The number of imide groups is 1. The first kappa shape index (κ1) is 22.2. The number of nitrogen functional groups attached to an aromatic ring is 1. The summed E-state index contributed by atoms with van der Waals surface area (Å²) in [5.74, 6) is 1.16. The summed E-state index contributed by atoms with van der Waals surface area (Å²) in [6.45, 7) is 1.58. The molecule has 0 bridgehead atoms. The molecule has 35 heavy (non-hydrogen) atoms. The Labute approximate surface area is 217 Å². The molecule has 2 amide bonds. The van der Waals surface area contributed by atoms with Crippen molar-refractivity contribution in [1.82, 2.24) is 19.4 Å². The lowest BCUT2D eigenvalue weighted by atomic mass is 10.1. The van der Waals surface area contributed by atoms with E-state index in [1.165, 1.54) is 16.7 Å². The smallest absolute Gasteiger partial charge is 0.261 e. The molecule has 2 aromatic heterocycles. The van der Waals surface area contributed by atoms with Gasteiger partial charge >= 0.3 is 0 Å². The average Bonchev–Trinajstić information content (AvgIpc) is 3.33. The van der Waals surface area contributed by atoms with E-state index >= 15 is 0 Å². The second kappa shape index (κ2) is 8.72. The summed E-state index contributed by atoms with van der Waals surface area (Å²) < 4.78 is 14.4. The van der Waals surface area contributed by atoms with Crippen LogP contribution >= 0.6 is 34.4 Å². The molecule has 0 atom stereocenters. The van der Waals surface area contributed by atoms with Crippen molar-refractivity contribution in [2.45, 2.75) is 16.6 Å². The number of pyridine rings is 1. The summed E-state index contributed by atoms with van der Waals surface area (Å²) in [5.41, 5.74) is 8.34. The largest absolute Gasteiger partial charge is 0.486 e. The second-order valence-electron chi connectivity index (χ2n) is 7.95. The number of ether oxygens (including phenoxy) is 2. The third kappa shape index (κ3) is 3.78. The number of hydrogen-bond acceptors (Lipinski definition) is 8. The minimum atomic E-state index is -0.285. The predicted molar refractivity (Wildman–Crippen MR) is 138 cm³/mol. The number of halogens is 1. The molecule has 4 heterocycles. The first-order valence-electron chi connectivity index (χ1n) is 10.8. The number of nitrogens with two attached hydrogens (primary N) is 1. The number of hydrogen-bond donors (Lipinski definition) is 1.